The molecule has 5 fully saturated rings. The third-order valence-corrected chi connectivity index (χ3v) is 14.2. The number of carboxylic acids is 1. The lowest BCUT2D eigenvalue weighted by atomic mass is 9.45. The summed E-state index contributed by atoms with van der Waals surface area (Å²) >= 11 is 0. The minimum absolute atomic E-state index is 0.0205. The summed E-state index contributed by atoms with van der Waals surface area (Å²) in [6.45, 7) is 6.61. The molecule has 12 atom stereocenters. The summed E-state index contributed by atoms with van der Waals surface area (Å²) in [5.74, 6) is 1.22. The summed E-state index contributed by atoms with van der Waals surface area (Å²) in [6.07, 6.45) is 16.0. The lowest BCUT2D eigenvalue weighted by Gasteiger charge is -2.61. The van der Waals surface area contributed by atoms with E-state index >= 15 is 0 Å². The summed E-state index contributed by atoms with van der Waals surface area (Å²) in [7, 11) is 1.91. The van der Waals surface area contributed by atoms with Crippen molar-refractivity contribution in [1.82, 2.24) is 10.6 Å². The van der Waals surface area contributed by atoms with Crippen LogP contribution in [0.3, 0.4) is 0 Å². The molecule has 0 aromatic carbocycles. The highest BCUT2D eigenvalue weighted by Crippen LogP contribution is 2.77. The maximum Gasteiger partial charge on any atom is 0.293 e. The van der Waals surface area contributed by atoms with Crippen molar-refractivity contribution in [3.63, 3.8) is 0 Å². The average Bonchev–Trinajstić information content (AvgIpc) is 3.43. The minimum Gasteiger partial charge on any atom is -0.545 e. The number of piperidine rings is 1. The number of nitrogens with one attached hydrogen (secondary N) is 3. The number of likely N-dealkylation sites (N-methyl/N-ethyl adjacent to an activating group) is 1. The van der Waals surface area contributed by atoms with Crippen LogP contribution in [0.1, 0.15) is 64.7 Å². The van der Waals surface area contributed by atoms with E-state index in [1.165, 1.54) is 4.90 Å². The van der Waals surface area contributed by atoms with E-state index in [2.05, 4.69) is 41.9 Å². The number of carbonyl (C=O) groups excluding carboxylic acids is 1. The second kappa shape index (κ2) is 13.0. The van der Waals surface area contributed by atoms with Gasteiger partial charge in [0.15, 0.2) is 0 Å². The molecule has 7 rings (SSSR count). The highest BCUT2D eigenvalue weighted by atomic mass is 16.5. The van der Waals surface area contributed by atoms with Gasteiger partial charge in [-0.15, -0.1) is 0 Å². The van der Waals surface area contributed by atoms with E-state index in [0.717, 1.165) is 70.3 Å². The smallest absolute Gasteiger partial charge is 0.293 e. The van der Waals surface area contributed by atoms with Crippen molar-refractivity contribution in [3.8, 4) is 0 Å². The Labute approximate surface area is 280 Å². The number of ether oxygens (including phenoxy) is 1. The van der Waals surface area contributed by atoms with E-state index < -0.39 is 23.1 Å². The third kappa shape index (κ3) is 5.11. The van der Waals surface area contributed by atoms with Crippen molar-refractivity contribution in [2.45, 2.75) is 82.5 Å². The normalized spacial score (nSPS) is 45.6. The maximum absolute atomic E-state index is 13.4. The minimum atomic E-state index is -1.61. The molecule has 2 saturated heterocycles. The molecule has 0 aromatic heterocycles. The van der Waals surface area contributed by atoms with Crippen molar-refractivity contribution in [2.75, 3.05) is 52.9 Å². The van der Waals surface area contributed by atoms with Gasteiger partial charge >= 0.3 is 0 Å². The number of carbonyl (C=O) groups is 1. The zero-order valence-corrected chi connectivity index (χ0v) is 28.4. The molecule has 260 valence electrons. The number of nitrogens with zero attached hydrogens (tertiary/aromatic N) is 1. The number of hydrogen-bond donors (Lipinski definition) is 6. The van der Waals surface area contributed by atoms with E-state index in [0.29, 0.717) is 50.1 Å². The van der Waals surface area contributed by atoms with Gasteiger partial charge in [0.25, 0.3) is 5.96 Å². The topological polar surface area (TPSA) is 157 Å². The zero-order valence-electron chi connectivity index (χ0n) is 28.4. The first kappa shape index (κ1) is 33.4. The van der Waals surface area contributed by atoms with Gasteiger partial charge in [0.1, 0.15) is 5.60 Å². The summed E-state index contributed by atoms with van der Waals surface area (Å²) in [4.78, 5) is 19.3. The molecule has 47 heavy (non-hydrogen) atoms. The number of likely N-dealkylation sites (tertiary alicyclic amines) is 1. The Morgan fingerprint density at radius 1 is 1.15 bits per heavy atom. The zero-order chi connectivity index (χ0) is 33.0. The van der Waals surface area contributed by atoms with Crippen LogP contribution in [0.5, 0.6) is 0 Å². The second-order valence-electron chi connectivity index (χ2n) is 16.0. The Hall–Kier alpha value is -2.08. The van der Waals surface area contributed by atoms with Crippen molar-refractivity contribution in [3.05, 3.63) is 35.5 Å². The molecular weight excluding hydrogens is 594 g/mol. The van der Waals surface area contributed by atoms with Gasteiger partial charge in [-0.3, -0.25) is 4.90 Å². The Kier molecular flexibility index (Phi) is 9.24. The molecule has 2 aliphatic heterocycles. The van der Waals surface area contributed by atoms with E-state index in [1.54, 1.807) is 0 Å². The molecule has 10 nitrogen and oxygen atoms in total. The third-order valence-electron chi connectivity index (χ3n) is 14.2. The number of aliphatic hydroxyl groups is 2. The molecule has 10 heteroatoms. The Balaban J connectivity index is 1.29. The van der Waals surface area contributed by atoms with Crippen molar-refractivity contribution in [2.24, 2.45) is 57.1 Å². The molecule has 0 aromatic rings. The van der Waals surface area contributed by atoms with Gasteiger partial charge in [-0.05, 0) is 94.5 Å². The SMILES string of the molecule is CNCCN=C(N)[NH+]1CC[C@H](CNCCO)[C@@]2(C1)[C@@H]1CC[C@@H](C)[C@]23C[C@](O)([C@@H]2CC[C@H]4CC[C@@H]5C=CC=C[C@@H]5[C@H]4O2)C(C(=O)[O-])=C3C1. The number of aliphatic carboxylic acids is 1. The van der Waals surface area contributed by atoms with Crippen LogP contribution in [0.15, 0.2) is 40.4 Å². The molecule has 5 aliphatic carbocycles. The number of fused-ring (bicyclic) bond motifs is 3. The summed E-state index contributed by atoms with van der Waals surface area (Å²) in [6, 6.07) is 0. The first-order valence-electron chi connectivity index (χ1n) is 18.5. The van der Waals surface area contributed by atoms with Crippen LogP contribution in [0.2, 0.25) is 0 Å². The van der Waals surface area contributed by atoms with Crippen LogP contribution in [0.25, 0.3) is 0 Å². The molecule has 0 amide bonds. The molecule has 7 aliphatic rings. The Bertz CT molecular complexity index is 1330. The second-order valence-corrected chi connectivity index (χ2v) is 16.0. The van der Waals surface area contributed by atoms with E-state index in [4.69, 9.17) is 15.5 Å². The van der Waals surface area contributed by atoms with Gasteiger partial charge in [0.2, 0.25) is 0 Å². The highest BCUT2D eigenvalue weighted by Gasteiger charge is 2.76. The van der Waals surface area contributed by atoms with Gasteiger partial charge in [-0.1, -0.05) is 36.8 Å². The number of aliphatic hydroxyl groups excluding tert-OH is 1. The first-order valence-corrected chi connectivity index (χ1v) is 18.5. The number of hydrogen-bond acceptors (Lipinski definition) is 8. The standard InChI is InChI=1S/C37H57N5O5/c1-23-7-11-26-19-29-31(33(44)45)37(46,30-12-10-25-9-8-24-5-3-4-6-28(24)32(25)47-30)21-35(23,29)36(26)22-42(34(38)41-15-14-39-2)17-13-27(36)20-40-16-18-43/h3-6,23-28,30,32,39-40,43,46H,7-22H2,1-2H3,(H2,38,41)(H,44,45)/t23-,24+,25-,26-,27-,28+,30+,32+,35+,36-,37+/m1/s1. The molecule has 2 spiro atoms. The fourth-order valence-electron chi connectivity index (χ4n) is 12.3. The quantitative estimate of drug-likeness (QED) is 0.115. The van der Waals surface area contributed by atoms with Gasteiger partial charge < -0.3 is 41.2 Å². The van der Waals surface area contributed by atoms with Gasteiger partial charge in [-0.2, -0.15) is 0 Å². The predicted molar refractivity (Wildman–Crippen MR) is 178 cm³/mol. The lowest BCUT2D eigenvalue weighted by Crippen LogP contribution is -3.19. The van der Waals surface area contributed by atoms with E-state index in [9.17, 15) is 20.1 Å². The van der Waals surface area contributed by atoms with Gasteiger partial charge in [0.05, 0.1) is 44.4 Å². The molecule has 7 N–H and O–H groups in total. The largest absolute Gasteiger partial charge is 0.545 e. The lowest BCUT2D eigenvalue weighted by molar-refractivity contribution is -0.828. The molecule has 2 bridgehead atoms. The van der Waals surface area contributed by atoms with Crippen LogP contribution in [-0.4, -0.2) is 92.9 Å². The van der Waals surface area contributed by atoms with Crippen LogP contribution in [0, 0.1) is 46.3 Å². The van der Waals surface area contributed by atoms with Crippen LogP contribution in [-0.2, 0) is 9.53 Å². The predicted octanol–water partition coefficient (Wildman–Crippen LogP) is -0.0729. The average molecular weight is 652 g/mol. The number of quaternary nitrogens is 1. The number of aliphatic imine (C=N–C) groups is 1. The van der Waals surface area contributed by atoms with E-state index in [-0.39, 0.29) is 47.4 Å². The van der Waals surface area contributed by atoms with Gasteiger partial charge in [0, 0.05) is 41.8 Å². The van der Waals surface area contributed by atoms with Crippen LogP contribution >= 0.6 is 0 Å². The summed E-state index contributed by atoms with van der Waals surface area (Å²) < 4.78 is 7.01. The van der Waals surface area contributed by atoms with Gasteiger partial charge in [-0.25, -0.2) is 4.99 Å². The Morgan fingerprint density at radius 2 is 1.96 bits per heavy atom. The van der Waals surface area contributed by atoms with Crippen molar-refractivity contribution >= 4 is 11.9 Å². The molecule has 1 unspecified atom stereocenters. The van der Waals surface area contributed by atoms with Crippen LogP contribution in [0.4, 0.5) is 0 Å². The molecule has 0 radical (unpaired) electrons. The number of carboxylic acid groups (broad SMARTS) is 1. The van der Waals surface area contributed by atoms with Crippen molar-refractivity contribution in [1.29, 1.82) is 0 Å². The maximum atomic E-state index is 13.4. The van der Waals surface area contributed by atoms with Crippen molar-refractivity contribution < 1.29 is 29.8 Å². The number of nitrogens with two attached hydrogens (primary N) is 1. The number of allylic oxidation sites excluding steroid dienone is 4. The molecule has 3 saturated carbocycles. The first-order chi connectivity index (χ1) is 22.7. The summed E-state index contributed by atoms with van der Waals surface area (Å²) in [5, 5.41) is 42.8. The summed E-state index contributed by atoms with van der Waals surface area (Å²) in [5.41, 5.74) is 5.39. The highest BCUT2D eigenvalue weighted by molar-refractivity contribution is 5.90. The fraction of sp³-hybridized carbons (Fsp3) is 0.784. The van der Waals surface area contributed by atoms with Crippen LogP contribution < -0.4 is 26.4 Å². The number of guanidine groups is 1. The van der Waals surface area contributed by atoms with E-state index in [1.807, 2.05) is 7.05 Å². The fourth-order valence-corrected chi connectivity index (χ4v) is 12.3. The molecular formula is C37H57N5O5. The monoisotopic (exact) mass is 651 g/mol. The molecule has 2 heterocycles. The Morgan fingerprint density at radius 3 is 2.74 bits per heavy atom. The number of rotatable bonds is 9.